The van der Waals surface area contributed by atoms with Gasteiger partial charge in [0.2, 0.25) is 16.9 Å². The van der Waals surface area contributed by atoms with Crippen LogP contribution in [-0.4, -0.2) is 31.0 Å². The predicted octanol–water partition coefficient (Wildman–Crippen LogP) is 3.07. The third kappa shape index (κ3) is 3.89. The van der Waals surface area contributed by atoms with Crippen molar-refractivity contribution in [3.05, 3.63) is 40.7 Å². The van der Waals surface area contributed by atoms with Gasteiger partial charge < -0.3 is 15.6 Å². The molecule has 3 aromatic rings. The van der Waals surface area contributed by atoms with Gasteiger partial charge in [-0.05, 0) is 25.1 Å². The molecule has 8 nitrogen and oxygen atoms in total. The Morgan fingerprint density at radius 3 is 2.92 bits per heavy atom. The molecule has 1 atom stereocenters. The maximum atomic E-state index is 12.3. The number of nitrogens with zero attached hydrogens (tertiary/aromatic N) is 4. The van der Waals surface area contributed by atoms with Crippen LogP contribution >= 0.6 is 35.0 Å². The number of halogens is 2. The maximum Gasteiger partial charge on any atom is 0.238 e. The smallest absolute Gasteiger partial charge is 0.238 e. The summed E-state index contributed by atoms with van der Waals surface area (Å²) in [5, 5.41) is 11.1. The lowest BCUT2D eigenvalue weighted by atomic mass is 10.4. The van der Waals surface area contributed by atoms with E-state index in [0.717, 1.165) is 11.8 Å². The predicted molar refractivity (Wildman–Crippen MR) is 96.1 cm³/mol. The van der Waals surface area contributed by atoms with Crippen LogP contribution in [0.4, 0.5) is 5.82 Å². The maximum absolute atomic E-state index is 12.3. The molecule has 3 rings (SSSR count). The van der Waals surface area contributed by atoms with Crippen LogP contribution in [0.3, 0.4) is 0 Å². The lowest BCUT2D eigenvalue weighted by molar-refractivity contribution is -0.115. The molecule has 0 aliphatic rings. The Morgan fingerprint density at radius 1 is 1.44 bits per heavy atom. The first-order valence-electron chi connectivity index (χ1n) is 6.98. The molecule has 3 N–H and O–H groups in total. The Labute approximate surface area is 156 Å². The number of pyridine rings is 1. The minimum atomic E-state index is -0.524. The molecule has 0 aliphatic carbocycles. The molecule has 0 bridgehead atoms. The average molecular weight is 399 g/mol. The van der Waals surface area contributed by atoms with Crippen LogP contribution in [0.1, 0.15) is 6.92 Å². The van der Waals surface area contributed by atoms with Gasteiger partial charge in [-0.2, -0.15) is 0 Å². The van der Waals surface area contributed by atoms with Crippen molar-refractivity contribution >= 4 is 46.7 Å². The normalized spacial score (nSPS) is 12.1. The van der Waals surface area contributed by atoms with E-state index in [4.69, 9.17) is 33.5 Å². The topological polar surface area (TPSA) is 112 Å². The molecule has 0 saturated heterocycles. The number of carbonyl (C=O) groups is 1. The summed E-state index contributed by atoms with van der Waals surface area (Å²) >= 11 is 12.9. The second-order valence-electron chi connectivity index (χ2n) is 4.89. The molecule has 3 aromatic heterocycles. The molecule has 0 aromatic carbocycles. The largest absolute Gasteiger partial charge is 0.461 e. The van der Waals surface area contributed by atoms with Gasteiger partial charge in [-0.15, -0.1) is 10.2 Å². The van der Waals surface area contributed by atoms with E-state index >= 15 is 0 Å². The second-order valence-corrected chi connectivity index (χ2v) is 7.04. The van der Waals surface area contributed by atoms with Crippen molar-refractivity contribution in [1.29, 1.82) is 0 Å². The van der Waals surface area contributed by atoms with E-state index < -0.39 is 5.25 Å². The standard InChI is InChI=1S/C14H12Cl2N6O2S/c1-7(13(23)19-11-9(16)5-8(15)6-18-11)25-14-21-20-12(22(14)17)10-3-2-4-24-10/h2-7H,17H2,1H3,(H,18,19,23)/t7-/m0/s1. The molecule has 3 heterocycles. The zero-order valence-electron chi connectivity index (χ0n) is 12.8. The fourth-order valence-corrected chi connectivity index (χ4v) is 3.07. The van der Waals surface area contributed by atoms with Crippen molar-refractivity contribution in [3.63, 3.8) is 0 Å². The number of aromatic nitrogens is 4. The number of amides is 1. The summed E-state index contributed by atoms with van der Waals surface area (Å²) in [7, 11) is 0. The zero-order chi connectivity index (χ0) is 18.0. The van der Waals surface area contributed by atoms with Crippen molar-refractivity contribution in [1.82, 2.24) is 19.9 Å². The Kier molecular flexibility index (Phi) is 5.16. The van der Waals surface area contributed by atoms with Crippen LogP contribution in [0.5, 0.6) is 0 Å². The number of nitrogens with two attached hydrogens (primary N) is 1. The first-order chi connectivity index (χ1) is 12.0. The van der Waals surface area contributed by atoms with Gasteiger partial charge in [0.1, 0.15) is 0 Å². The van der Waals surface area contributed by atoms with Crippen molar-refractivity contribution in [2.75, 3.05) is 11.2 Å². The van der Waals surface area contributed by atoms with Gasteiger partial charge in [0.15, 0.2) is 11.6 Å². The fraction of sp³-hybridized carbons (Fsp3) is 0.143. The molecule has 1 amide bonds. The second kappa shape index (κ2) is 7.34. The number of nitrogen functional groups attached to an aromatic ring is 1. The van der Waals surface area contributed by atoms with E-state index in [1.54, 1.807) is 19.1 Å². The van der Waals surface area contributed by atoms with Gasteiger partial charge in [-0.3, -0.25) is 4.79 Å². The Morgan fingerprint density at radius 2 is 2.24 bits per heavy atom. The number of thioether (sulfide) groups is 1. The van der Waals surface area contributed by atoms with Crippen LogP contribution in [0.25, 0.3) is 11.6 Å². The highest BCUT2D eigenvalue weighted by Gasteiger charge is 2.21. The van der Waals surface area contributed by atoms with Crippen molar-refractivity contribution < 1.29 is 9.21 Å². The zero-order valence-corrected chi connectivity index (χ0v) is 15.1. The summed E-state index contributed by atoms with van der Waals surface area (Å²) in [6.07, 6.45) is 2.91. The van der Waals surface area contributed by atoms with Gasteiger partial charge in [0.05, 0.1) is 21.6 Å². The number of furan rings is 1. The Hall–Kier alpha value is -2.23. The molecule has 130 valence electrons. The average Bonchev–Trinajstić information content (AvgIpc) is 3.20. The lowest BCUT2D eigenvalue weighted by Crippen LogP contribution is -2.24. The number of rotatable bonds is 5. The van der Waals surface area contributed by atoms with Crippen molar-refractivity contribution in [2.24, 2.45) is 0 Å². The van der Waals surface area contributed by atoms with Crippen LogP contribution in [0.2, 0.25) is 10.0 Å². The van der Waals surface area contributed by atoms with Gasteiger partial charge >= 0.3 is 0 Å². The highest BCUT2D eigenvalue weighted by atomic mass is 35.5. The Bertz CT molecular complexity index is 899. The van der Waals surface area contributed by atoms with Crippen LogP contribution in [-0.2, 0) is 4.79 Å². The first kappa shape index (κ1) is 17.6. The molecule has 25 heavy (non-hydrogen) atoms. The highest BCUT2D eigenvalue weighted by molar-refractivity contribution is 8.00. The van der Waals surface area contributed by atoms with Crippen LogP contribution in [0.15, 0.2) is 40.2 Å². The number of hydrogen-bond donors (Lipinski definition) is 2. The summed E-state index contributed by atoms with van der Waals surface area (Å²) < 4.78 is 6.51. The summed E-state index contributed by atoms with van der Waals surface area (Å²) in [6, 6.07) is 4.93. The molecular formula is C14H12Cl2N6O2S. The molecule has 0 fully saturated rings. The summed E-state index contributed by atoms with van der Waals surface area (Å²) in [6.45, 7) is 1.70. The number of hydrogen-bond acceptors (Lipinski definition) is 7. The quantitative estimate of drug-likeness (QED) is 0.501. The summed E-state index contributed by atoms with van der Waals surface area (Å²) in [5.41, 5.74) is 0. The SMILES string of the molecule is C[C@H](Sc1nnc(-c2ccco2)n1N)C(=O)Nc1ncc(Cl)cc1Cl. The van der Waals surface area contributed by atoms with E-state index in [9.17, 15) is 4.79 Å². The van der Waals surface area contributed by atoms with E-state index in [2.05, 4.69) is 20.5 Å². The molecule has 0 saturated carbocycles. The van der Waals surface area contributed by atoms with E-state index in [1.807, 2.05) is 0 Å². The van der Waals surface area contributed by atoms with E-state index in [1.165, 1.54) is 23.2 Å². The molecule has 0 spiro atoms. The number of nitrogens with one attached hydrogen (secondary N) is 1. The van der Waals surface area contributed by atoms with Gasteiger partial charge in [-0.25, -0.2) is 9.66 Å². The summed E-state index contributed by atoms with van der Waals surface area (Å²) in [4.78, 5) is 16.3. The minimum absolute atomic E-state index is 0.231. The van der Waals surface area contributed by atoms with Gasteiger partial charge in [0.25, 0.3) is 0 Å². The monoisotopic (exact) mass is 398 g/mol. The third-order valence-corrected chi connectivity index (χ3v) is 4.66. The van der Waals surface area contributed by atoms with Gasteiger partial charge in [0, 0.05) is 6.20 Å². The minimum Gasteiger partial charge on any atom is -0.461 e. The van der Waals surface area contributed by atoms with Crippen LogP contribution in [0, 0.1) is 0 Å². The Balaban J connectivity index is 1.69. The molecule has 11 heteroatoms. The number of carbonyl (C=O) groups excluding carboxylic acids is 1. The van der Waals surface area contributed by atoms with Gasteiger partial charge in [-0.1, -0.05) is 35.0 Å². The fourth-order valence-electron chi connectivity index (χ4n) is 1.87. The summed E-state index contributed by atoms with van der Waals surface area (Å²) in [5.74, 6) is 6.73. The van der Waals surface area contributed by atoms with E-state index in [-0.39, 0.29) is 16.7 Å². The third-order valence-electron chi connectivity index (χ3n) is 3.11. The van der Waals surface area contributed by atoms with Crippen LogP contribution < -0.4 is 11.2 Å². The highest BCUT2D eigenvalue weighted by Crippen LogP contribution is 2.27. The molecule has 0 aliphatic heterocycles. The molecule has 0 radical (unpaired) electrons. The molecule has 0 unspecified atom stereocenters. The van der Waals surface area contributed by atoms with Crippen molar-refractivity contribution in [3.8, 4) is 11.6 Å². The van der Waals surface area contributed by atoms with Crippen molar-refractivity contribution in [2.45, 2.75) is 17.3 Å². The number of anilines is 1. The lowest BCUT2D eigenvalue weighted by Gasteiger charge is -2.11. The first-order valence-corrected chi connectivity index (χ1v) is 8.62. The molecular weight excluding hydrogens is 387 g/mol. The van der Waals surface area contributed by atoms with E-state index in [0.29, 0.717) is 21.8 Å².